The van der Waals surface area contributed by atoms with Crippen molar-refractivity contribution in [2.45, 2.75) is 58.7 Å². The summed E-state index contributed by atoms with van der Waals surface area (Å²) in [6, 6.07) is 8.20. The number of carbonyl (C=O) groups excluding carboxylic acids is 4. The fourth-order valence-corrected chi connectivity index (χ4v) is 4.75. The molecule has 42 heavy (non-hydrogen) atoms. The van der Waals surface area contributed by atoms with E-state index in [9.17, 15) is 19.2 Å². The third-order valence-electron chi connectivity index (χ3n) is 6.95. The smallest absolute Gasteiger partial charge is 0.358 e. The second-order valence-corrected chi connectivity index (χ2v) is 10.5. The maximum absolute atomic E-state index is 13.6. The summed E-state index contributed by atoms with van der Waals surface area (Å²) in [6.07, 6.45) is 3.20. The summed E-state index contributed by atoms with van der Waals surface area (Å²) in [5.41, 5.74) is 0.954. The Morgan fingerprint density at radius 3 is 2.40 bits per heavy atom. The van der Waals surface area contributed by atoms with Crippen LogP contribution < -0.4 is 10.6 Å². The minimum atomic E-state index is -0.803. The molecule has 1 aliphatic heterocycles. The Hall–Kier alpha value is -4.68. The Morgan fingerprint density at radius 1 is 1.02 bits per heavy atom. The lowest BCUT2D eigenvalue weighted by Gasteiger charge is -2.28. The van der Waals surface area contributed by atoms with E-state index in [2.05, 4.69) is 35.4 Å². The Bertz CT molecular complexity index is 1410. The second-order valence-electron chi connectivity index (χ2n) is 10.5. The molecule has 2 N–H and O–H groups in total. The zero-order valence-corrected chi connectivity index (χ0v) is 24.2. The highest BCUT2D eigenvalue weighted by atomic mass is 16.5. The van der Waals surface area contributed by atoms with Crippen LogP contribution in [-0.4, -0.2) is 79.6 Å². The first-order valence-corrected chi connectivity index (χ1v) is 13.9. The Morgan fingerprint density at radius 2 is 1.74 bits per heavy atom. The highest BCUT2D eigenvalue weighted by Gasteiger charge is 2.30. The lowest BCUT2D eigenvalue weighted by Crippen LogP contribution is -2.50. The Balaban J connectivity index is 1.63. The Kier molecular flexibility index (Phi) is 9.94. The van der Waals surface area contributed by atoms with Gasteiger partial charge in [-0.2, -0.15) is 5.10 Å². The van der Waals surface area contributed by atoms with Gasteiger partial charge in [-0.1, -0.05) is 44.2 Å². The second kappa shape index (κ2) is 13.8. The molecule has 0 saturated carbocycles. The number of hydrogen-bond acceptors (Lipinski definition) is 9. The van der Waals surface area contributed by atoms with Gasteiger partial charge in [0.25, 0.3) is 5.91 Å². The van der Waals surface area contributed by atoms with Crippen LogP contribution in [0.2, 0.25) is 0 Å². The first kappa shape index (κ1) is 30.3. The molecule has 222 valence electrons. The first-order chi connectivity index (χ1) is 20.2. The lowest BCUT2D eigenvalue weighted by atomic mass is 10.0. The van der Waals surface area contributed by atoms with Gasteiger partial charge in [-0.25, -0.2) is 24.4 Å². The van der Waals surface area contributed by atoms with Crippen LogP contribution in [0.1, 0.15) is 70.9 Å². The highest BCUT2D eigenvalue weighted by Crippen LogP contribution is 2.21. The molecule has 3 amide bonds. The summed E-state index contributed by atoms with van der Waals surface area (Å²) in [4.78, 5) is 66.1. The maximum Gasteiger partial charge on any atom is 0.358 e. The van der Waals surface area contributed by atoms with Gasteiger partial charge in [0.2, 0.25) is 11.8 Å². The monoisotopic (exact) mass is 576 g/mol. The van der Waals surface area contributed by atoms with Gasteiger partial charge < -0.3 is 20.3 Å². The normalized spacial score (nSPS) is 18.5. The number of nitrogens with zero attached hydrogens (tertiary/aromatic N) is 6. The number of fused-ring (bicyclic) bond motifs is 1. The standard InChI is InChI=1S/C29H36N8O5/c1-18(2)25-26-32-19(3)35-37(26)14-13-36(28(40)22-16-31-23(17-30-22)29(41)42-4)12-8-11-24(38)33-21(27(39)34-25)15-20-9-6-5-7-10-20/h5-7,9-10,16-18,21,25H,8,11-15H2,1-4H3,(H,33,38)(H,34,39)/t21-,25+/m0/s1. The fraction of sp³-hybridized carbons (Fsp3) is 0.448. The summed E-state index contributed by atoms with van der Waals surface area (Å²) in [7, 11) is 1.24. The number of benzene rings is 1. The van der Waals surface area contributed by atoms with Crippen LogP contribution in [-0.2, 0) is 27.3 Å². The molecule has 4 rings (SSSR count). The predicted octanol–water partition coefficient (Wildman–Crippen LogP) is 1.64. The number of methoxy groups -OCH3 is 1. The topological polar surface area (TPSA) is 161 Å². The molecule has 3 aromatic rings. The van der Waals surface area contributed by atoms with Gasteiger partial charge in [0, 0.05) is 25.9 Å². The molecule has 1 aliphatic rings. The summed E-state index contributed by atoms with van der Waals surface area (Å²) in [5.74, 6) is -0.604. The summed E-state index contributed by atoms with van der Waals surface area (Å²) < 4.78 is 6.36. The van der Waals surface area contributed by atoms with Crippen molar-refractivity contribution in [3.8, 4) is 0 Å². The van der Waals surface area contributed by atoms with Crippen LogP contribution in [0.25, 0.3) is 0 Å². The SMILES string of the molecule is COC(=O)c1cnc(C(=O)N2CCCC(=O)N[C@@H](Cc3ccccc3)C(=O)N[C@H](C(C)C)c3nc(C)nn3CC2)cn1. The van der Waals surface area contributed by atoms with E-state index in [-0.39, 0.29) is 48.6 Å². The largest absolute Gasteiger partial charge is 0.464 e. The molecule has 0 fully saturated rings. The molecule has 13 heteroatoms. The van der Waals surface area contributed by atoms with Crippen molar-refractivity contribution in [2.75, 3.05) is 20.2 Å². The first-order valence-electron chi connectivity index (χ1n) is 13.9. The summed E-state index contributed by atoms with van der Waals surface area (Å²) >= 11 is 0. The number of nitrogens with one attached hydrogen (secondary N) is 2. The van der Waals surface area contributed by atoms with Gasteiger partial charge in [0.05, 0.1) is 32.1 Å². The number of ether oxygens (including phenoxy) is 1. The quantitative estimate of drug-likeness (QED) is 0.430. The van der Waals surface area contributed by atoms with Crippen molar-refractivity contribution < 1.29 is 23.9 Å². The van der Waals surface area contributed by atoms with Gasteiger partial charge in [0.15, 0.2) is 5.69 Å². The van der Waals surface area contributed by atoms with E-state index in [0.29, 0.717) is 31.0 Å². The van der Waals surface area contributed by atoms with Crippen LogP contribution in [0, 0.1) is 12.8 Å². The number of rotatable bonds is 5. The number of carbonyl (C=O) groups is 4. The fourth-order valence-electron chi connectivity index (χ4n) is 4.75. The molecule has 0 unspecified atom stereocenters. The van der Waals surface area contributed by atoms with Crippen LogP contribution in [0.4, 0.5) is 0 Å². The zero-order valence-electron chi connectivity index (χ0n) is 24.2. The minimum Gasteiger partial charge on any atom is -0.464 e. The number of aromatic nitrogens is 5. The van der Waals surface area contributed by atoms with E-state index in [1.165, 1.54) is 19.5 Å². The van der Waals surface area contributed by atoms with E-state index in [0.717, 1.165) is 5.56 Å². The van der Waals surface area contributed by atoms with Crippen molar-refractivity contribution in [3.63, 3.8) is 0 Å². The Labute approximate surface area is 244 Å². The summed E-state index contributed by atoms with van der Waals surface area (Å²) in [6.45, 7) is 6.51. The molecule has 3 heterocycles. The number of hydrogen-bond donors (Lipinski definition) is 2. The molecular formula is C29H36N8O5. The number of amides is 3. The van der Waals surface area contributed by atoms with Gasteiger partial charge >= 0.3 is 5.97 Å². The number of aryl methyl sites for hydroxylation is 1. The van der Waals surface area contributed by atoms with E-state index in [1.807, 2.05) is 44.2 Å². The van der Waals surface area contributed by atoms with E-state index < -0.39 is 24.0 Å². The van der Waals surface area contributed by atoms with Gasteiger partial charge in [-0.05, 0) is 24.8 Å². The average molecular weight is 577 g/mol. The molecule has 1 aromatic carbocycles. The van der Waals surface area contributed by atoms with Crippen LogP contribution >= 0.6 is 0 Å². The predicted molar refractivity (Wildman–Crippen MR) is 151 cm³/mol. The van der Waals surface area contributed by atoms with E-state index in [4.69, 9.17) is 0 Å². The average Bonchev–Trinajstić information content (AvgIpc) is 3.36. The van der Waals surface area contributed by atoms with Crippen molar-refractivity contribution in [1.82, 2.24) is 40.3 Å². The van der Waals surface area contributed by atoms with E-state index in [1.54, 1.807) is 16.5 Å². The highest BCUT2D eigenvalue weighted by molar-refractivity contribution is 5.93. The molecular weight excluding hydrogens is 540 g/mol. The molecule has 13 nitrogen and oxygen atoms in total. The van der Waals surface area contributed by atoms with Crippen LogP contribution in [0.15, 0.2) is 42.7 Å². The third-order valence-corrected chi connectivity index (χ3v) is 6.95. The van der Waals surface area contributed by atoms with Crippen molar-refractivity contribution in [2.24, 2.45) is 5.92 Å². The molecule has 2 aromatic heterocycles. The third kappa shape index (κ3) is 7.53. The van der Waals surface area contributed by atoms with E-state index >= 15 is 0 Å². The van der Waals surface area contributed by atoms with Gasteiger partial charge in [0.1, 0.15) is 23.4 Å². The van der Waals surface area contributed by atoms with Gasteiger partial charge in [-0.15, -0.1) is 0 Å². The molecule has 0 radical (unpaired) electrons. The van der Waals surface area contributed by atoms with Gasteiger partial charge in [-0.3, -0.25) is 14.4 Å². The number of esters is 1. The maximum atomic E-state index is 13.6. The molecule has 0 saturated heterocycles. The van der Waals surface area contributed by atoms with Crippen molar-refractivity contribution in [3.05, 3.63) is 71.3 Å². The van der Waals surface area contributed by atoms with Crippen molar-refractivity contribution in [1.29, 1.82) is 0 Å². The van der Waals surface area contributed by atoms with Crippen molar-refractivity contribution >= 4 is 23.7 Å². The lowest BCUT2D eigenvalue weighted by molar-refractivity contribution is -0.129. The molecule has 0 bridgehead atoms. The van der Waals surface area contributed by atoms with Crippen LogP contribution in [0.3, 0.4) is 0 Å². The molecule has 0 spiro atoms. The molecule has 2 atom stereocenters. The van der Waals surface area contributed by atoms with Crippen LogP contribution in [0.5, 0.6) is 0 Å². The molecule has 0 aliphatic carbocycles. The minimum absolute atomic E-state index is 0.0127. The summed E-state index contributed by atoms with van der Waals surface area (Å²) in [5, 5.41) is 10.5. The zero-order chi connectivity index (χ0) is 30.2.